The van der Waals surface area contributed by atoms with Gasteiger partial charge in [-0.05, 0) is 26.0 Å². The van der Waals surface area contributed by atoms with Crippen LogP contribution in [0.2, 0.25) is 0 Å². The molecular formula is C8H17NOS. The molecule has 0 fully saturated rings. The van der Waals surface area contributed by atoms with Gasteiger partial charge in [-0.1, -0.05) is 6.92 Å². The van der Waals surface area contributed by atoms with E-state index in [9.17, 15) is 4.79 Å². The molecule has 0 radical (unpaired) electrons. The molecule has 1 amide bonds. The molecule has 11 heavy (non-hydrogen) atoms. The molecule has 0 spiro atoms. The Balaban J connectivity index is 3.88. The van der Waals surface area contributed by atoms with Gasteiger partial charge in [-0.15, -0.1) is 11.8 Å². The molecule has 0 aromatic rings. The summed E-state index contributed by atoms with van der Waals surface area (Å²) < 4.78 is -0.273. The van der Waals surface area contributed by atoms with Crippen LogP contribution < -0.4 is 5.32 Å². The normalized spacial score (nSPS) is 11.3. The highest BCUT2D eigenvalue weighted by molar-refractivity contribution is 8.01. The van der Waals surface area contributed by atoms with E-state index in [4.69, 9.17) is 0 Å². The maximum atomic E-state index is 11.2. The Kier molecular flexibility index (Phi) is 4.57. The van der Waals surface area contributed by atoms with Crippen LogP contribution >= 0.6 is 11.8 Å². The first kappa shape index (κ1) is 10.8. The van der Waals surface area contributed by atoms with Crippen molar-refractivity contribution in [3.05, 3.63) is 0 Å². The number of thioether (sulfide) groups is 1. The SMILES string of the molecule is CCCSC(C)(C)C(=O)NC. The quantitative estimate of drug-likeness (QED) is 0.704. The highest BCUT2D eigenvalue weighted by atomic mass is 32.2. The minimum atomic E-state index is -0.273. The third-order valence-corrected chi connectivity index (χ3v) is 2.96. The summed E-state index contributed by atoms with van der Waals surface area (Å²) in [6.07, 6.45) is 1.12. The first-order chi connectivity index (χ1) is 5.04. The highest BCUT2D eigenvalue weighted by Gasteiger charge is 2.25. The van der Waals surface area contributed by atoms with Crippen LogP contribution in [-0.4, -0.2) is 23.5 Å². The zero-order valence-corrected chi connectivity index (χ0v) is 8.55. The minimum Gasteiger partial charge on any atom is -0.358 e. The van der Waals surface area contributed by atoms with E-state index in [0.29, 0.717) is 0 Å². The number of carbonyl (C=O) groups is 1. The molecule has 0 heterocycles. The number of hydrogen-bond donors (Lipinski definition) is 1. The van der Waals surface area contributed by atoms with Crippen molar-refractivity contribution in [3.8, 4) is 0 Å². The lowest BCUT2D eigenvalue weighted by Gasteiger charge is -2.21. The van der Waals surface area contributed by atoms with Crippen molar-refractivity contribution < 1.29 is 4.79 Å². The Morgan fingerprint density at radius 1 is 1.55 bits per heavy atom. The fourth-order valence-corrected chi connectivity index (χ4v) is 1.67. The standard InChI is InChI=1S/C8H17NOS/c1-5-6-11-8(2,3)7(10)9-4/h5-6H2,1-4H3,(H,9,10). The molecule has 0 aliphatic rings. The van der Waals surface area contributed by atoms with Gasteiger partial charge in [-0.3, -0.25) is 4.79 Å². The molecule has 0 saturated heterocycles. The third kappa shape index (κ3) is 3.65. The van der Waals surface area contributed by atoms with Crippen molar-refractivity contribution in [1.82, 2.24) is 5.32 Å². The molecule has 0 bridgehead atoms. The highest BCUT2D eigenvalue weighted by Crippen LogP contribution is 2.24. The lowest BCUT2D eigenvalue weighted by molar-refractivity contribution is -0.122. The van der Waals surface area contributed by atoms with Crippen LogP contribution in [-0.2, 0) is 4.79 Å². The maximum absolute atomic E-state index is 11.2. The Bertz CT molecular complexity index is 134. The van der Waals surface area contributed by atoms with E-state index in [1.807, 2.05) is 13.8 Å². The van der Waals surface area contributed by atoms with Crippen LogP contribution in [0.1, 0.15) is 27.2 Å². The molecule has 0 saturated carbocycles. The van der Waals surface area contributed by atoms with Crippen LogP contribution in [0.25, 0.3) is 0 Å². The van der Waals surface area contributed by atoms with Gasteiger partial charge < -0.3 is 5.32 Å². The smallest absolute Gasteiger partial charge is 0.235 e. The Hall–Kier alpha value is -0.180. The van der Waals surface area contributed by atoms with Gasteiger partial charge in [0.25, 0.3) is 0 Å². The molecular weight excluding hydrogens is 158 g/mol. The average Bonchev–Trinajstić information content (AvgIpc) is 1.99. The predicted molar refractivity (Wildman–Crippen MR) is 50.9 cm³/mol. The van der Waals surface area contributed by atoms with Crippen molar-refractivity contribution in [1.29, 1.82) is 0 Å². The summed E-state index contributed by atoms with van der Waals surface area (Å²) in [5.74, 6) is 1.15. The predicted octanol–water partition coefficient (Wildman–Crippen LogP) is 1.65. The monoisotopic (exact) mass is 175 g/mol. The second-order valence-electron chi connectivity index (χ2n) is 2.94. The fraction of sp³-hybridized carbons (Fsp3) is 0.875. The summed E-state index contributed by atoms with van der Waals surface area (Å²) >= 11 is 1.70. The van der Waals surface area contributed by atoms with Crippen molar-refractivity contribution in [3.63, 3.8) is 0 Å². The largest absolute Gasteiger partial charge is 0.358 e. The number of amides is 1. The molecule has 3 heteroatoms. The van der Waals surface area contributed by atoms with E-state index < -0.39 is 0 Å². The van der Waals surface area contributed by atoms with Gasteiger partial charge in [-0.25, -0.2) is 0 Å². The molecule has 66 valence electrons. The Morgan fingerprint density at radius 2 is 2.09 bits per heavy atom. The van der Waals surface area contributed by atoms with Crippen molar-refractivity contribution in [2.75, 3.05) is 12.8 Å². The van der Waals surface area contributed by atoms with Crippen molar-refractivity contribution in [2.24, 2.45) is 0 Å². The molecule has 0 unspecified atom stereocenters. The second-order valence-corrected chi connectivity index (χ2v) is 4.66. The molecule has 0 aliphatic carbocycles. The van der Waals surface area contributed by atoms with Crippen LogP contribution in [0.15, 0.2) is 0 Å². The van der Waals surface area contributed by atoms with Gasteiger partial charge in [0.15, 0.2) is 0 Å². The topological polar surface area (TPSA) is 29.1 Å². The van der Waals surface area contributed by atoms with E-state index in [-0.39, 0.29) is 10.7 Å². The zero-order valence-electron chi connectivity index (χ0n) is 7.73. The molecule has 0 aromatic heterocycles. The summed E-state index contributed by atoms with van der Waals surface area (Å²) in [7, 11) is 1.68. The summed E-state index contributed by atoms with van der Waals surface area (Å²) in [6.45, 7) is 6.02. The van der Waals surface area contributed by atoms with E-state index in [1.165, 1.54) is 0 Å². The van der Waals surface area contributed by atoms with Crippen LogP contribution in [0.5, 0.6) is 0 Å². The first-order valence-corrected chi connectivity index (χ1v) is 4.89. The molecule has 0 aliphatic heterocycles. The van der Waals surface area contributed by atoms with Crippen LogP contribution in [0.4, 0.5) is 0 Å². The van der Waals surface area contributed by atoms with Crippen molar-refractivity contribution >= 4 is 17.7 Å². The molecule has 2 nitrogen and oxygen atoms in total. The van der Waals surface area contributed by atoms with Gasteiger partial charge in [0, 0.05) is 7.05 Å². The van der Waals surface area contributed by atoms with Gasteiger partial charge in [0.2, 0.25) is 5.91 Å². The van der Waals surface area contributed by atoms with E-state index in [0.717, 1.165) is 12.2 Å². The second kappa shape index (κ2) is 4.65. The third-order valence-electron chi connectivity index (χ3n) is 1.44. The Morgan fingerprint density at radius 3 is 2.45 bits per heavy atom. The average molecular weight is 175 g/mol. The molecule has 1 N–H and O–H groups in total. The summed E-state index contributed by atoms with van der Waals surface area (Å²) in [6, 6.07) is 0. The lowest BCUT2D eigenvalue weighted by Crippen LogP contribution is -2.37. The number of hydrogen-bond acceptors (Lipinski definition) is 2. The minimum absolute atomic E-state index is 0.107. The number of carbonyl (C=O) groups excluding carboxylic acids is 1. The fourth-order valence-electron chi connectivity index (χ4n) is 0.724. The Labute approximate surface area is 73.1 Å². The van der Waals surface area contributed by atoms with Crippen LogP contribution in [0.3, 0.4) is 0 Å². The summed E-state index contributed by atoms with van der Waals surface area (Å²) in [5, 5.41) is 2.65. The first-order valence-electron chi connectivity index (χ1n) is 3.90. The van der Waals surface area contributed by atoms with Gasteiger partial charge in [-0.2, -0.15) is 0 Å². The zero-order chi connectivity index (χ0) is 8.91. The van der Waals surface area contributed by atoms with E-state index >= 15 is 0 Å². The van der Waals surface area contributed by atoms with Crippen molar-refractivity contribution in [2.45, 2.75) is 31.9 Å². The summed E-state index contributed by atoms with van der Waals surface area (Å²) in [5.41, 5.74) is 0. The maximum Gasteiger partial charge on any atom is 0.235 e. The lowest BCUT2D eigenvalue weighted by atomic mass is 10.2. The number of rotatable bonds is 4. The molecule has 0 rings (SSSR count). The molecule has 0 atom stereocenters. The van der Waals surface area contributed by atoms with Gasteiger partial charge in [0.1, 0.15) is 0 Å². The van der Waals surface area contributed by atoms with E-state index in [1.54, 1.807) is 18.8 Å². The number of nitrogens with one attached hydrogen (secondary N) is 1. The van der Waals surface area contributed by atoms with E-state index in [2.05, 4.69) is 12.2 Å². The molecule has 0 aromatic carbocycles. The van der Waals surface area contributed by atoms with Crippen LogP contribution in [0, 0.1) is 0 Å². The van der Waals surface area contributed by atoms with Gasteiger partial charge >= 0.3 is 0 Å². The summed E-state index contributed by atoms with van der Waals surface area (Å²) in [4.78, 5) is 11.2. The van der Waals surface area contributed by atoms with Gasteiger partial charge in [0.05, 0.1) is 4.75 Å².